The maximum Gasteiger partial charge on any atom is 0.262 e. The molecule has 1 aromatic heterocycles. The predicted octanol–water partition coefficient (Wildman–Crippen LogP) is 2.13. The Kier molecular flexibility index (Phi) is 4.24. The molecule has 0 amide bonds. The lowest BCUT2D eigenvalue weighted by atomic mass is 10.1. The van der Waals surface area contributed by atoms with Crippen LogP contribution < -0.4 is 10.5 Å². The summed E-state index contributed by atoms with van der Waals surface area (Å²) in [6.07, 6.45) is 3.07. The minimum absolute atomic E-state index is 0.149. The van der Waals surface area contributed by atoms with Gasteiger partial charge in [0.1, 0.15) is 4.99 Å². The van der Waals surface area contributed by atoms with Crippen molar-refractivity contribution in [3.8, 4) is 0 Å². The number of nitrogens with zero attached hydrogens (tertiary/aromatic N) is 1. The molecule has 2 aromatic rings. The molecule has 7 heteroatoms. The van der Waals surface area contributed by atoms with Gasteiger partial charge in [0, 0.05) is 11.8 Å². The van der Waals surface area contributed by atoms with Gasteiger partial charge < -0.3 is 5.73 Å². The van der Waals surface area contributed by atoms with Gasteiger partial charge >= 0.3 is 0 Å². The van der Waals surface area contributed by atoms with Gasteiger partial charge in [0.15, 0.2) is 0 Å². The summed E-state index contributed by atoms with van der Waals surface area (Å²) in [5.41, 5.74) is 7.92. The van der Waals surface area contributed by atoms with Crippen molar-refractivity contribution in [2.75, 3.05) is 4.72 Å². The molecule has 0 bridgehead atoms. The van der Waals surface area contributed by atoms with Gasteiger partial charge in [-0.1, -0.05) is 24.4 Å². The fourth-order valence-electron chi connectivity index (χ4n) is 1.81. The summed E-state index contributed by atoms with van der Waals surface area (Å²) in [6.45, 7) is 3.52. The molecule has 0 fully saturated rings. The summed E-state index contributed by atoms with van der Waals surface area (Å²) in [4.78, 5) is 4.23. The van der Waals surface area contributed by atoms with Crippen molar-refractivity contribution in [1.82, 2.24) is 4.98 Å². The van der Waals surface area contributed by atoms with Crippen LogP contribution in [0.15, 0.2) is 41.6 Å². The molecule has 0 radical (unpaired) electrons. The van der Waals surface area contributed by atoms with Crippen LogP contribution in [0.25, 0.3) is 0 Å². The zero-order chi connectivity index (χ0) is 15.6. The number of anilines is 1. The molecule has 0 atom stereocenters. The predicted molar refractivity (Wildman–Crippen MR) is 86.8 cm³/mol. The number of hydrogen-bond donors (Lipinski definition) is 2. The molecule has 0 spiro atoms. The van der Waals surface area contributed by atoms with E-state index in [1.165, 1.54) is 12.3 Å². The minimum Gasteiger partial charge on any atom is -0.389 e. The Bertz CT molecular complexity index is 802. The summed E-state index contributed by atoms with van der Waals surface area (Å²) in [7, 11) is -3.73. The second-order valence-electron chi connectivity index (χ2n) is 4.64. The third-order valence-corrected chi connectivity index (χ3v) is 4.79. The van der Waals surface area contributed by atoms with E-state index < -0.39 is 10.0 Å². The Morgan fingerprint density at radius 2 is 1.95 bits per heavy atom. The Hall–Kier alpha value is -1.99. The lowest BCUT2D eigenvalue weighted by Crippen LogP contribution is -2.17. The number of pyridine rings is 1. The van der Waals surface area contributed by atoms with Gasteiger partial charge in [0.05, 0.1) is 16.8 Å². The molecule has 2 rings (SSSR count). The zero-order valence-electron chi connectivity index (χ0n) is 11.6. The van der Waals surface area contributed by atoms with E-state index in [0.717, 1.165) is 5.56 Å². The van der Waals surface area contributed by atoms with Gasteiger partial charge in [-0.25, -0.2) is 8.42 Å². The summed E-state index contributed by atoms with van der Waals surface area (Å²) >= 11 is 4.89. The van der Waals surface area contributed by atoms with E-state index in [1.807, 2.05) is 0 Å². The summed E-state index contributed by atoms with van der Waals surface area (Å²) in [6, 6.07) is 6.59. The van der Waals surface area contributed by atoms with Gasteiger partial charge in [-0.05, 0) is 37.1 Å². The highest BCUT2D eigenvalue weighted by molar-refractivity contribution is 7.92. The van der Waals surface area contributed by atoms with Gasteiger partial charge in [0.2, 0.25) is 0 Å². The van der Waals surface area contributed by atoms with E-state index in [4.69, 9.17) is 18.0 Å². The second kappa shape index (κ2) is 5.79. The lowest BCUT2D eigenvalue weighted by Gasteiger charge is -2.12. The first kappa shape index (κ1) is 15.4. The topological polar surface area (TPSA) is 85.1 Å². The highest BCUT2D eigenvalue weighted by atomic mass is 32.2. The van der Waals surface area contributed by atoms with Crippen molar-refractivity contribution < 1.29 is 8.42 Å². The number of thiocarbonyl (C=S) groups is 1. The zero-order valence-corrected chi connectivity index (χ0v) is 13.3. The molecule has 0 saturated carbocycles. The minimum atomic E-state index is -3.73. The number of rotatable bonds is 4. The first-order valence-corrected chi connectivity index (χ1v) is 8.04. The van der Waals surface area contributed by atoms with Crippen LogP contribution in [0.5, 0.6) is 0 Å². The summed E-state index contributed by atoms with van der Waals surface area (Å²) in [5, 5.41) is 0. The van der Waals surface area contributed by atoms with Gasteiger partial charge in [-0.15, -0.1) is 0 Å². The largest absolute Gasteiger partial charge is 0.389 e. The molecule has 0 aliphatic heterocycles. The van der Waals surface area contributed by atoms with E-state index in [9.17, 15) is 8.42 Å². The number of hydrogen-bond acceptors (Lipinski definition) is 4. The van der Waals surface area contributed by atoms with Crippen LogP contribution in [0.4, 0.5) is 5.69 Å². The Labute approximate surface area is 129 Å². The normalized spacial score (nSPS) is 11.1. The Morgan fingerprint density at radius 1 is 1.24 bits per heavy atom. The average molecular weight is 321 g/mol. The number of nitrogens with two attached hydrogens (primary N) is 1. The Balaban J connectivity index is 2.47. The molecule has 5 nitrogen and oxygen atoms in total. The van der Waals surface area contributed by atoms with Crippen molar-refractivity contribution in [2.45, 2.75) is 18.7 Å². The standard InChI is InChI=1S/C14H15N3O2S2/c1-9-5-6-16-8-12(9)17-21(18,19)13-7-11(14(15)20)4-3-10(13)2/h3-8,17H,1-2H3,(H2,15,20). The fourth-order valence-corrected chi connectivity index (χ4v) is 3.33. The van der Waals surface area contributed by atoms with Crippen LogP contribution in [0, 0.1) is 13.8 Å². The summed E-state index contributed by atoms with van der Waals surface area (Å²) in [5.74, 6) is 0. The van der Waals surface area contributed by atoms with Crippen molar-refractivity contribution in [3.63, 3.8) is 0 Å². The van der Waals surface area contributed by atoms with Crippen LogP contribution >= 0.6 is 12.2 Å². The molecular weight excluding hydrogens is 306 g/mol. The Morgan fingerprint density at radius 3 is 2.57 bits per heavy atom. The highest BCUT2D eigenvalue weighted by Crippen LogP contribution is 2.22. The van der Waals surface area contributed by atoms with Crippen molar-refractivity contribution in [3.05, 3.63) is 53.3 Å². The molecule has 3 N–H and O–H groups in total. The molecule has 1 aromatic carbocycles. The number of aromatic nitrogens is 1. The van der Waals surface area contributed by atoms with Crippen LogP contribution in [0.2, 0.25) is 0 Å². The molecule has 0 saturated heterocycles. The van der Waals surface area contributed by atoms with E-state index in [2.05, 4.69) is 9.71 Å². The molecule has 0 aliphatic rings. The molecular formula is C14H15N3O2S2. The van der Waals surface area contributed by atoms with Gasteiger partial charge in [-0.2, -0.15) is 0 Å². The summed E-state index contributed by atoms with van der Waals surface area (Å²) < 4.78 is 27.6. The lowest BCUT2D eigenvalue weighted by molar-refractivity contribution is 0.600. The van der Waals surface area contributed by atoms with E-state index in [-0.39, 0.29) is 9.88 Å². The first-order chi connectivity index (χ1) is 9.81. The smallest absolute Gasteiger partial charge is 0.262 e. The van der Waals surface area contributed by atoms with Crippen molar-refractivity contribution in [1.29, 1.82) is 0 Å². The number of nitrogens with one attached hydrogen (secondary N) is 1. The molecule has 0 unspecified atom stereocenters. The molecule has 110 valence electrons. The van der Waals surface area contributed by atoms with Gasteiger partial charge in [0.25, 0.3) is 10.0 Å². The van der Waals surface area contributed by atoms with Gasteiger partial charge in [-0.3, -0.25) is 9.71 Å². The van der Waals surface area contributed by atoms with Crippen LogP contribution in [0.3, 0.4) is 0 Å². The van der Waals surface area contributed by atoms with E-state index in [0.29, 0.717) is 16.8 Å². The van der Waals surface area contributed by atoms with Crippen molar-refractivity contribution in [2.24, 2.45) is 5.73 Å². The quantitative estimate of drug-likeness (QED) is 0.843. The van der Waals surface area contributed by atoms with Crippen molar-refractivity contribution >= 4 is 32.9 Å². The fraction of sp³-hybridized carbons (Fsp3) is 0.143. The second-order valence-corrected chi connectivity index (χ2v) is 6.73. The van der Waals surface area contributed by atoms with E-state index >= 15 is 0 Å². The molecule has 1 heterocycles. The third-order valence-electron chi connectivity index (χ3n) is 3.05. The van der Waals surface area contributed by atoms with Crippen LogP contribution in [-0.4, -0.2) is 18.4 Å². The molecule has 21 heavy (non-hydrogen) atoms. The van der Waals surface area contributed by atoms with Crippen LogP contribution in [0.1, 0.15) is 16.7 Å². The first-order valence-electron chi connectivity index (χ1n) is 6.15. The number of sulfonamides is 1. The molecule has 0 aliphatic carbocycles. The maximum atomic E-state index is 12.5. The SMILES string of the molecule is Cc1ccncc1NS(=O)(=O)c1cc(C(N)=S)ccc1C. The number of aryl methyl sites for hydroxylation is 2. The maximum absolute atomic E-state index is 12.5. The third kappa shape index (κ3) is 3.37. The monoisotopic (exact) mass is 321 g/mol. The average Bonchev–Trinajstić information content (AvgIpc) is 2.41. The highest BCUT2D eigenvalue weighted by Gasteiger charge is 2.19. The van der Waals surface area contributed by atoms with E-state index in [1.54, 1.807) is 38.2 Å². The number of benzene rings is 1. The van der Waals surface area contributed by atoms with Crippen LogP contribution in [-0.2, 0) is 10.0 Å².